The maximum atomic E-state index is 5.93. The van der Waals surface area contributed by atoms with Crippen LogP contribution < -0.4 is 10.1 Å². The molecule has 3 heteroatoms. The van der Waals surface area contributed by atoms with Gasteiger partial charge in [-0.25, -0.2) is 4.98 Å². The highest BCUT2D eigenvalue weighted by Gasteiger charge is 2.05. The van der Waals surface area contributed by atoms with Gasteiger partial charge in [0.15, 0.2) is 0 Å². The normalized spacial score (nSPS) is 10.9. The van der Waals surface area contributed by atoms with E-state index in [-0.39, 0.29) is 0 Å². The van der Waals surface area contributed by atoms with Crippen LogP contribution in [0, 0.1) is 6.92 Å². The molecular formula is C18H24N2O. The molecule has 1 N–H and O–H groups in total. The van der Waals surface area contributed by atoms with Crippen LogP contribution in [-0.2, 0) is 6.54 Å². The highest BCUT2D eigenvalue weighted by Crippen LogP contribution is 2.25. The molecule has 1 aromatic heterocycles. The van der Waals surface area contributed by atoms with E-state index in [1.807, 2.05) is 25.1 Å². The summed E-state index contributed by atoms with van der Waals surface area (Å²) in [5, 5.41) is 3.32. The Hall–Kier alpha value is -1.87. The van der Waals surface area contributed by atoms with Crippen LogP contribution >= 0.6 is 0 Å². The zero-order valence-electron chi connectivity index (χ0n) is 13.3. The molecule has 0 aliphatic rings. The van der Waals surface area contributed by atoms with Gasteiger partial charge in [0.05, 0.1) is 0 Å². The molecule has 2 aromatic rings. The average molecular weight is 284 g/mol. The first-order valence-electron chi connectivity index (χ1n) is 7.54. The van der Waals surface area contributed by atoms with E-state index in [9.17, 15) is 0 Å². The van der Waals surface area contributed by atoms with Crippen LogP contribution in [0.3, 0.4) is 0 Å². The summed E-state index contributed by atoms with van der Waals surface area (Å²) < 4.78 is 5.93. The number of nitrogens with zero attached hydrogens (tertiary/aromatic N) is 1. The molecule has 0 amide bonds. The lowest BCUT2D eigenvalue weighted by atomic mass is 10.0. The third-order valence-electron chi connectivity index (χ3n) is 3.32. The molecule has 0 atom stereocenters. The molecule has 3 nitrogen and oxygen atoms in total. The van der Waals surface area contributed by atoms with Gasteiger partial charge in [-0.3, -0.25) is 0 Å². The second-order valence-electron chi connectivity index (χ2n) is 5.56. The summed E-state index contributed by atoms with van der Waals surface area (Å²) >= 11 is 0. The third-order valence-corrected chi connectivity index (χ3v) is 3.32. The molecule has 0 aliphatic heterocycles. The van der Waals surface area contributed by atoms with E-state index in [2.05, 4.69) is 49.3 Å². The molecule has 0 fully saturated rings. The van der Waals surface area contributed by atoms with Crippen molar-refractivity contribution in [2.24, 2.45) is 0 Å². The van der Waals surface area contributed by atoms with E-state index in [0.29, 0.717) is 11.8 Å². The molecule has 1 heterocycles. The topological polar surface area (TPSA) is 34.2 Å². The van der Waals surface area contributed by atoms with Gasteiger partial charge in [0.25, 0.3) is 0 Å². The summed E-state index contributed by atoms with van der Waals surface area (Å²) in [4.78, 5) is 4.46. The number of benzene rings is 1. The van der Waals surface area contributed by atoms with E-state index < -0.39 is 0 Å². The molecule has 0 saturated heterocycles. The first-order valence-corrected chi connectivity index (χ1v) is 7.54. The molecule has 0 saturated carbocycles. The summed E-state index contributed by atoms with van der Waals surface area (Å²) in [6, 6.07) is 12.3. The fourth-order valence-corrected chi connectivity index (χ4v) is 2.19. The monoisotopic (exact) mass is 284 g/mol. The van der Waals surface area contributed by atoms with Gasteiger partial charge in [0.2, 0.25) is 5.88 Å². The van der Waals surface area contributed by atoms with Gasteiger partial charge in [0, 0.05) is 18.3 Å². The minimum atomic E-state index is 0.489. The number of aromatic nitrogens is 1. The second kappa shape index (κ2) is 7.23. The Bertz CT molecular complexity index is 594. The largest absolute Gasteiger partial charge is 0.439 e. The number of hydrogen-bond acceptors (Lipinski definition) is 3. The quantitative estimate of drug-likeness (QED) is 0.853. The van der Waals surface area contributed by atoms with Gasteiger partial charge in [-0.2, -0.15) is 0 Å². The first-order chi connectivity index (χ1) is 10.1. The Labute approximate surface area is 127 Å². The Morgan fingerprint density at radius 2 is 2.00 bits per heavy atom. The Morgan fingerprint density at radius 1 is 1.19 bits per heavy atom. The molecule has 0 unspecified atom stereocenters. The Morgan fingerprint density at radius 3 is 2.71 bits per heavy atom. The van der Waals surface area contributed by atoms with Crippen molar-refractivity contribution < 1.29 is 4.74 Å². The molecule has 0 spiro atoms. The van der Waals surface area contributed by atoms with Gasteiger partial charge in [0.1, 0.15) is 5.75 Å². The van der Waals surface area contributed by atoms with E-state index in [0.717, 1.165) is 24.5 Å². The number of hydrogen-bond donors (Lipinski definition) is 1. The third kappa shape index (κ3) is 4.57. The lowest BCUT2D eigenvalue weighted by Crippen LogP contribution is -2.12. The predicted octanol–water partition coefficient (Wildman–Crippen LogP) is 4.42. The van der Waals surface area contributed by atoms with Gasteiger partial charge in [-0.15, -0.1) is 0 Å². The Balaban J connectivity index is 2.18. The summed E-state index contributed by atoms with van der Waals surface area (Å²) in [6.45, 7) is 10.2. The molecule has 1 aromatic carbocycles. The lowest BCUT2D eigenvalue weighted by molar-refractivity contribution is 0.459. The van der Waals surface area contributed by atoms with Crippen molar-refractivity contribution in [2.75, 3.05) is 6.54 Å². The van der Waals surface area contributed by atoms with Crippen LogP contribution in [0.15, 0.2) is 36.4 Å². The van der Waals surface area contributed by atoms with E-state index >= 15 is 0 Å². The minimum Gasteiger partial charge on any atom is -0.439 e. The number of aryl methyl sites for hydroxylation is 1. The fraction of sp³-hybridized carbons (Fsp3) is 0.389. The van der Waals surface area contributed by atoms with Gasteiger partial charge >= 0.3 is 0 Å². The molecule has 112 valence electrons. The first kappa shape index (κ1) is 15.5. The van der Waals surface area contributed by atoms with Crippen LogP contribution in [0.25, 0.3) is 0 Å². The van der Waals surface area contributed by atoms with Crippen molar-refractivity contribution in [3.63, 3.8) is 0 Å². The summed E-state index contributed by atoms with van der Waals surface area (Å²) in [6.07, 6.45) is 0. The number of nitrogens with one attached hydrogen (secondary N) is 1. The van der Waals surface area contributed by atoms with Crippen molar-refractivity contribution in [3.8, 4) is 11.6 Å². The van der Waals surface area contributed by atoms with Gasteiger partial charge in [-0.1, -0.05) is 32.9 Å². The maximum Gasteiger partial charge on any atom is 0.219 e. The van der Waals surface area contributed by atoms with Crippen LogP contribution in [0.2, 0.25) is 0 Å². The second-order valence-corrected chi connectivity index (χ2v) is 5.56. The average Bonchev–Trinajstić information content (AvgIpc) is 2.45. The fourth-order valence-electron chi connectivity index (χ4n) is 2.19. The molecule has 21 heavy (non-hydrogen) atoms. The van der Waals surface area contributed by atoms with E-state index in [1.54, 1.807) is 0 Å². The molecular weight excluding hydrogens is 260 g/mol. The van der Waals surface area contributed by atoms with Crippen molar-refractivity contribution in [1.82, 2.24) is 10.3 Å². The summed E-state index contributed by atoms with van der Waals surface area (Å²) in [5.41, 5.74) is 3.44. The van der Waals surface area contributed by atoms with E-state index in [1.165, 1.54) is 11.1 Å². The number of rotatable bonds is 6. The number of ether oxygens (including phenoxy) is 1. The molecule has 0 radical (unpaired) electrons. The summed E-state index contributed by atoms with van der Waals surface area (Å²) in [7, 11) is 0. The van der Waals surface area contributed by atoms with Gasteiger partial charge in [-0.05, 0) is 48.7 Å². The van der Waals surface area contributed by atoms with Crippen LogP contribution in [0.4, 0.5) is 0 Å². The molecule has 0 bridgehead atoms. The highest BCUT2D eigenvalue weighted by molar-refractivity contribution is 5.34. The van der Waals surface area contributed by atoms with Crippen molar-refractivity contribution >= 4 is 0 Å². The van der Waals surface area contributed by atoms with Crippen molar-refractivity contribution in [3.05, 3.63) is 53.2 Å². The van der Waals surface area contributed by atoms with Crippen molar-refractivity contribution in [2.45, 2.75) is 40.2 Å². The smallest absolute Gasteiger partial charge is 0.219 e. The van der Waals surface area contributed by atoms with Crippen molar-refractivity contribution in [1.29, 1.82) is 0 Å². The molecule has 2 rings (SSSR count). The highest BCUT2D eigenvalue weighted by atomic mass is 16.5. The zero-order chi connectivity index (χ0) is 15.2. The Kier molecular flexibility index (Phi) is 5.34. The SMILES string of the molecule is CCNCc1cc(C)nc(Oc2cccc(C(C)C)c2)c1. The van der Waals surface area contributed by atoms with E-state index in [4.69, 9.17) is 4.74 Å². The zero-order valence-corrected chi connectivity index (χ0v) is 13.3. The number of pyridine rings is 1. The predicted molar refractivity (Wildman–Crippen MR) is 87.0 cm³/mol. The lowest BCUT2D eigenvalue weighted by Gasteiger charge is -2.11. The van der Waals surface area contributed by atoms with Crippen LogP contribution in [0.5, 0.6) is 11.6 Å². The standard InChI is InChI=1S/C18H24N2O/c1-5-19-12-15-9-14(4)20-18(10-15)21-17-8-6-7-16(11-17)13(2)3/h6-11,13,19H,5,12H2,1-4H3. The minimum absolute atomic E-state index is 0.489. The van der Waals surface area contributed by atoms with Crippen LogP contribution in [-0.4, -0.2) is 11.5 Å². The summed E-state index contributed by atoms with van der Waals surface area (Å²) in [5.74, 6) is 1.99. The maximum absolute atomic E-state index is 5.93. The molecule has 0 aliphatic carbocycles. The van der Waals surface area contributed by atoms with Gasteiger partial charge < -0.3 is 10.1 Å². The van der Waals surface area contributed by atoms with Crippen LogP contribution in [0.1, 0.15) is 43.5 Å².